The Kier molecular flexibility index (Phi) is 7.24. The van der Waals surface area contributed by atoms with E-state index in [2.05, 4.69) is 44.2 Å². The topological polar surface area (TPSA) is 82.6 Å². The SMILES string of the molecule is C=CC(=O)N1CCC[C@@H](Nc2nc(Nc3ccc4c(c3)CCCN(CC3COC3)C4)ncc2F)C1. The molecule has 1 aromatic heterocycles. The predicted molar refractivity (Wildman–Crippen MR) is 133 cm³/mol. The average Bonchev–Trinajstić information content (AvgIpc) is 3.04. The fourth-order valence-corrected chi connectivity index (χ4v) is 5.09. The molecule has 2 fully saturated rings. The summed E-state index contributed by atoms with van der Waals surface area (Å²) >= 11 is 0. The van der Waals surface area contributed by atoms with Gasteiger partial charge >= 0.3 is 0 Å². The number of anilines is 3. The third-order valence-corrected chi connectivity index (χ3v) is 6.99. The zero-order chi connectivity index (χ0) is 24.2. The number of benzene rings is 1. The number of ether oxygens (including phenoxy) is 1. The largest absolute Gasteiger partial charge is 0.381 e. The lowest BCUT2D eigenvalue weighted by atomic mass is 10.0. The first kappa shape index (κ1) is 23.7. The van der Waals surface area contributed by atoms with Gasteiger partial charge in [0.2, 0.25) is 11.9 Å². The second-order valence-electron chi connectivity index (χ2n) is 9.71. The number of carbonyl (C=O) groups is 1. The average molecular weight is 481 g/mol. The van der Waals surface area contributed by atoms with Gasteiger partial charge in [0.1, 0.15) is 0 Å². The highest BCUT2D eigenvalue weighted by Gasteiger charge is 2.25. The van der Waals surface area contributed by atoms with Gasteiger partial charge in [-0.1, -0.05) is 12.6 Å². The van der Waals surface area contributed by atoms with Crippen molar-refractivity contribution in [2.24, 2.45) is 5.92 Å². The van der Waals surface area contributed by atoms with Gasteiger partial charge in [-0.3, -0.25) is 9.69 Å². The maximum atomic E-state index is 14.5. The zero-order valence-corrected chi connectivity index (χ0v) is 20.0. The Morgan fingerprint density at radius 3 is 2.94 bits per heavy atom. The van der Waals surface area contributed by atoms with Gasteiger partial charge in [0.15, 0.2) is 11.6 Å². The van der Waals surface area contributed by atoms with Gasteiger partial charge in [-0.25, -0.2) is 9.37 Å². The molecule has 2 saturated heterocycles. The van der Waals surface area contributed by atoms with Gasteiger partial charge in [-0.2, -0.15) is 4.98 Å². The smallest absolute Gasteiger partial charge is 0.246 e. The maximum Gasteiger partial charge on any atom is 0.246 e. The Hall–Kier alpha value is -3.04. The Morgan fingerprint density at radius 1 is 1.26 bits per heavy atom. The van der Waals surface area contributed by atoms with Crippen LogP contribution in [0.1, 0.15) is 30.4 Å². The minimum atomic E-state index is -0.512. The predicted octanol–water partition coefficient (Wildman–Crippen LogP) is 3.34. The van der Waals surface area contributed by atoms with Crippen molar-refractivity contribution in [3.8, 4) is 0 Å². The number of rotatable bonds is 7. The molecular weight excluding hydrogens is 447 g/mol. The van der Waals surface area contributed by atoms with E-state index in [0.717, 1.165) is 64.2 Å². The summed E-state index contributed by atoms with van der Waals surface area (Å²) in [6.45, 7) is 9.65. The van der Waals surface area contributed by atoms with Crippen molar-refractivity contribution in [3.63, 3.8) is 0 Å². The molecule has 0 saturated carbocycles. The number of aryl methyl sites for hydroxylation is 1. The highest BCUT2D eigenvalue weighted by molar-refractivity contribution is 5.87. The van der Waals surface area contributed by atoms with Crippen LogP contribution in [0.15, 0.2) is 37.1 Å². The van der Waals surface area contributed by atoms with E-state index in [9.17, 15) is 9.18 Å². The van der Waals surface area contributed by atoms with Gasteiger partial charge in [0, 0.05) is 43.8 Å². The summed E-state index contributed by atoms with van der Waals surface area (Å²) in [5.74, 6) is 0.525. The number of halogens is 1. The highest BCUT2D eigenvalue weighted by atomic mass is 19.1. The normalized spacial score (nSPS) is 20.9. The zero-order valence-electron chi connectivity index (χ0n) is 20.0. The Morgan fingerprint density at radius 2 is 2.14 bits per heavy atom. The van der Waals surface area contributed by atoms with Crippen molar-refractivity contribution in [2.75, 3.05) is 50.0 Å². The quantitative estimate of drug-likeness (QED) is 0.588. The van der Waals surface area contributed by atoms with Crippen molar-refractivity contribution in [1.29, 1.82) is 0 Å². The molecule has 2 N–H and O–H groups in total. The monoisotopic (exact) mass is 480 g/mol. The summed E-state index contributed by atoms with van der Waals surface area (Å²) in [6.07, 6.45) is 6.33. The molecule has 1 aromatic carbocycles. The molecule has 2 aromatic rings. The van der Waals surface area contributed by atoms with Crippen molar-refractivity contribution in [2.45, 2.75) is 38.3 Å². The van der Waals surface area contributed by atoms with Crippen LogP contribution in [0.25, 0.3) is 0 Å². The molecule has 5 rings (SSSR count). The van der Waals surface area contributed by atoms with E-state index in [1.54, 1.807) is 4.90 Å². The fourth-order valence-electron chi connectivity index (χ4n) is 5.09. The summed E-state index contributed by atoms with van der Waals surface area (Å²) in [5, 5.41) is 6.40. The molecule has 9 heteroatoms. The maximum absolute atomic E-state index is 14.5. The molecule has 0 aliphatic carbocycles. The third kappa shape index (κ3) is 5.79. The lowest BCUT2D eigenvalue weighted by Crippen LogP contribution is -2.44. The molecule has 3 aliphatic rings. The molecule has 35 heavy (non-hydrogen) atoms. The number of fused-ring (bicyclic) bond motifs is 1. The number of nitrogens with one attached hydrogen (secondary N) is 2. The molecule has 0 spiro atoms. The van der Waals surface area contributed by atoms with Crippen molar-refractivity contribution in [1.82, 2.24) is 19.8 Å². The molecule has 0 unspecified atom stereocenters. The summed E-state index contributed by atoms with van der Waals surface area (Å²) in [4.78, 5) is 24.7. The van der Waals surface area contributed by atoms with Gasteiger partial charge < -0.3 is 20.3 Å². The minimum absolute atomic E-state index is 0.0770. The van der Waals surface area contributed by atoms with E-state index in [1.807, 2.05) is 6.07 Å². The molecule has 3 aliphatic heterocycles. The number of piperidine rings is 1. The van der Waals surface area contributed by atoms with E-state index in [0.29, 0.717) is 25.0 Å². The molecule has 0 bridgehead atoms. The summed E-state index contributed by atoms with van der Waals surface area (Å²) in [5.41, 5.74) is 3.58. The first-order valence-electron chi connectivity index (χ1n) is 12.5. The number of hydrogen-bond donors (Lipinski definition) is 2. The Balaban J connectivity index is 1.24. The standard InChI is InChI=1S/C26H33FN6O2/c1-2-24(34)33-10-4-6-22(15-33)29-25-23(27)12-28-26(31-25)30-21-8-7-20-14-32(13-18-16-35-17-18)9-3-5-19(20)11-21/h2,7-8,11-12,18,22H,1,3-6,9-10,13-17H2,(H2,28,29,30,31)/t22-/m1/s1. The summed E-state index contributed by atoms with van der Waals surface area (Å²) in [6, 6.07) is 6.29. The lowest BCUT2D eigenvalue weighted by molar-refractivity contribution is -0.127. The summed E-state index contributed by atoms with van der Waals surface area (Å²) in [7, 11) is 0. The second-order valence-corrected chi connectivity index (χ2v) is 9.71. The molecule has 8 nitrogen and oxygen atoms in total. The van der Waals surface area contributed by atoms with E-state index in [-0.39, 0.29) is 17.8 Å². The number of likely N-dealkylation sites (tertiary alicyclic amines) is 1. The Bertz CT molecular complexity index is 1080. The number of nitrogens with zero attached hydrogens (tertiary/aromatic N) is 4. The fraction of sp³-hybridized carbons (Fsp3) is 0.500. The van der Waals surface area contributed by atoms with Crippen LogP contribution < -0.4 is 10.6 Å². The van der Waals surface area contributed by atoms with Gasteiger partial charge in [-0.05, 0) is 61.6 Å². The third-order valence-electron chi connectivity index (χ3n) is 6.99. The highest BCUT2D eigenvalue weighted by Crippen LogP contribution is 2.26. The number of hydrogen-bond acceptors (Lipinski definition) is 7. The minimum Gasteiger partial charge on any atom is -0.381 e. The first-order valence-corrected chi connectivity index (χ1v) is 12.5. The van der Waals surface area contributed by atoms with Crippen molar-refractivity contribution in [3.05, 3.63) is 54.0 Å². The van der Waals surface area contributed by atoms with Crippen LogP contribution in [0, 0.1) is 11.7 Å². The first-order chi connectivity index (χ1) is 17.1. The van der Waals surface area contributed by atoms with E-state index in [4.69, 9.17) is 4.74 Å². The van der Waals surface area contributed by atoms with E-state index >= 15 is 0 Å². The van der Waals surface area contributed by atoms with Crippen LogP contribution in [0.4, 0.5) is 21.8 Å². The molecule has 4 heterocycles. The number of carbonyl (C=O) groups excluding carboxylic acids is 1. The summed E-state index contributed by atoms with van der Waals surface area (Å²) < 4.78 is 19.8. The molecule has 186 valence electrons. The van der Waals surface area contributed by atoms with Crippen molar-refractivity contribution >= 4 is 23.4 Å². The van der Waals surface area contributed by atoms with Crippen LogP contribution in [0.2, 0.25) is 0 Å². The molecule has 1 atom stereocenters. The second kappa shape index (κ2) is 10.7. The van der Waals surface area contributed by atoms with Crippen LogP contribution >= 0.6 is 0 Å². The van der Waals surface area contributed by atoms with Crippen LogP contribution in [-0.4, -0.2) is 71.1 Å². The number of amides is 1. The van der Waals surface area contributed by atoms with E-state index in [1.165, 1.54) is 23.4 Å². The number of aromatic nitrogens is 2. The van der Waals surface area contributed by atoms with Crippen LogP contribution in [0.5, 0.6) is 0 Å². The van der Waals surface area contributed by atoms with Crippen LogP contribution in [-0.2, 0) is 22.5 Å². The van der Waals surface area contributed by atoms with Gasteiger partial charge in [0.05, 0.1) is 19.4 Å². The molecule has 0 radical (unpaired) electrons. The van der Waals surface area contributed by atoms with Gasteiger partial charge in [0.25, 0.3) is 0 Å². The van der Waals surface area contributed by atoms with Crippen LogP contribution in [0.3, 0.4) is 0 Å². The lowest BCUT2D eigenvalue weighted by Gasteiger charge is -2.32. The van der Waals surface area contributed by atoms with Gasteiger partial charge in [-0.15, -0.1) is 0 Å². The van der Waals surface area contributed by atoms with Crippen molar-refractivity contribution < 1.29 is 13.9 Å². The van der Waals surface area contributed by atoms with E-state index < -0.39 is 5.82 Å². The Labute approximate surface area is 205 Å². The molecular formula is C26H33FN6O2. The molecule has 1 amide bonds.